The molecule has 0 N–H and O–H groups in total. The van der Waals surface area contributed by atoms with Crippen molar-refractivity contribution in [2.45, 2.75) is 22.2 Å². The monoisotopic (exact) mass is 360 g/mol. The molecule has 1 aromatic rings. The summed E-state index contributed by atoms with van der Waals surface area (Å²) < 4.78 is 37.1. The third-order valence-electron chi connectivity index (χ3n) is 2.05. The second-order valence-electron chi connectivity index (χ2n) is 3.47. The Bertz CT molecular complexity index is 437. The molecule has 0 aliphatic rings. The van der Waals surface area contributed by atoms with Crippen LogP contribution in [0.4, 0.5) is 13.2 Å². The Labute approximate surface area is 120 Å². The van der Waals surface area contributed by atoms with Crippen molar-refractivity contribution < 1.29 is 18.0 Å². The van der Waals surface area contributed by atoms with Gasteiger partial charge >= 0.3 is 5.51 Å². The van der Waals surface area contributed by atoms with E-state index in [2.05, 4.69) is 15.9 Å². The van der Waals surface area contributed by atoms with E-state index in [1.807, 2.05) is 0 Å². The zero-order valence-corrected chi connectivity index (χ0v) is 12.2. The molecule has 0 saturated carbocycles. The summed E-state index contributed by atoms with van der Waals surface area (Å²) in [6, 6.07) is 4.61. The minimum absolute atomic E-state index is 0.0531. The Balaban J connectivity index is 2.98. The molecule has 0 amide bonds. The summed E-state index contributed by atoms with van der Waals surface area (Å²) in [6.45, 7) is 0. The Morgan fingerprint density at radius 1 is 1.39 bits per heavy atom. The maximum atomic E-state index is 12.4. The van der Waals surface area contributed by atoms with Crippen LogP contribution in [0.5, 0.6) is 0 Å². The van der Waals surface area contributed by atoms with E-state index in [1.54, 1.807) is 12.1 Å². The summed E-state index contributed by atoms with van der Waals surface area (Å²) in [5, 5.41) is 0.329. The molecule has 7 heteroatoms. The van der Waals surface area contributed by atoms with Gasteiger partial charge in [-0.15, -0.1) is 11.6 Å². The van der Waals surface area contributed by atoms with Gasteiger partial charge in [0.25, 0.3) is 0 Å². The van der Waals surface area contributed by atoms with Gasteiger partial charge in [0.2, 0.25) is 0 Å². The van der Waals surface area contributed by atoms with E-state index in [9.17, 15) is 18.0 Å². The van der Waals surface area contributed by atoms with E-state index in [1.165, 1.54) is 6.07 Å². The van der Waals surface area contributed by atoms with Crippen LogP contribution in [-0.4, -0.2) is 17.2 Å². The van der Waals surface area contributed by atoms with Gasteiger partial charge in [0, 0.05) is 16.6 Å². The zero-order chi connectivity index (χ0) is 13.8. The van der Waals surface area contributed by atoms with Gasteiger partial charge in [0.05, 0.1) is 5.88 Å². The first-order valence-electron chi connectivity index (χ1n) is 4.87. The van der Waals surface area contributed by atoms with Crippen molar-refractivity contribution in [2.24, 2.45) is 0 Å². The number of carbonyl (C=O) groups excluding carboxylic acids is 1. The molecule has 0 unspecified atom stereocenters. The van der Waals surface area contributed by atoms with Crippen molar-refractivity contribution >= 4 is 45.1 Å². The van der Waals surface area contributed by atoms with Gasteiger partial charge in [-0.1, -0.05) is 28.1 Å². The number of ketones is 1. The highest BCUT2D eigenvalue weighted by Crippen LogP contribution is 2.39. The van der Waals surface area contributed by atoms with Crippen molar-refractivity contribution in [2.75, 3.05) is 5.88 Å². The van der Waals surface area contributed by atoms with Crippen LogP contribution in [0.3, 0.4) is 0 Å². The molecule has 0 radical (unpaired) electrons. The summed E-state index contributed by atoms with van der Waals surface area (Å²) in [4.78, 5) is 11.3. The number of alkyl halides is 5. The van der Waals surface area contributed by atoms with Crippen LogP contribution in [0.15, 0.2) is 23.1 Å². The average molecular weight is 362 g/mol. The fraction of sp³-hybridized carbons (Fsp3) is 0.364. The van der Waals surface area contributed by atoms with Gasteiger partial charge in [-0.25, -0.2) is 0 Å². The second-order valence-corrected chi connectivity index (χ2v) is 5.41. The molecule has 1 rings (SSSR count). The van der Waals surface area contributed by atoms with Crippen LogP contribution >= 0.6 is 39.3 Å². The Morgan fingerprint density at radius 2 is 2.06 bits per heavy atom. The predicted octanol–water partition coefficient (Wildman–Crippen LogP) is 4.54. The summed E-state index contributed by atoms with van der Waals surface area (Å²) in [6.07, 6.45) is 0.0531. The number of halogens is 5. The Kier molecular flexibility index (Phi) is 6.01. The highest BCUT2D eigenvalue weighted by atomic mass is 79.9. The maximum absolute atomic E-state index is 12.4. The van der Waals surface area contributed by atoms with Gasteiger partial charge in [-0.05, 0) is 29.0 Å². The number of rotatable bonds is 5. The molecule has 1 aromatic carbocycles. The van der Waals surface area contributed by atoms with Gasteiger partial charge in [0.1, 0.15) is 0 Å². The molecule has 0 atom stereocenters. The largest absolute Gasteiger partial charge is 0.446 e. The standard InChI is InChI=1S/C11H9BrClF3OS/c12-5-8-2-1-7(3-9(17)6-13)4-10(8)18-11(14,15)16/h1-2,4H,3,5-6H2. The fourth-order valence-corrected chi connectivity index (χ4v) is 2.81. The summed E-state index contributed by atoms with van der Waals surface area (Å²) >= 11 is 8.33. The highest BCUT2D eigenvalue weighted by Gasteiger charge is 2.30. The summed E-state index contributed by atoms with van der Waals surface area (Å²) in [7, 11) is 0. The SMILES string of the molecule is O=C(CCl)Cc1ccc(CBr)c(SC(F)(F)F)c1. The van der Waals surface area contributed by atoms with E-state index in [0.29, 0.717) is 16.5 Å². The lowest BCUT2D eigenvalue weighted by molar-refractivity contribution is -0.116. The van der Waals surface area contributed by atoms with Crippen LogP contribution in [0.2, 0.25) is 0 Å². The molecule has 0 spiro atoms. The maximum Gasteiger partial charge on any atom is 0.446 e. The molecular weight excluding hydrogens is 353 g/mol. The summed E-state index contributed by atoms with van der Waals surface area (Å²) in [5.41, 5.74) is -3.26. The smallest absolute Gasteiger partial charge is 0.298 e. The van der Waals surface area contributed by atoms with Crippen LogP contribution in [0.25, 0.3) is 0 Å². The van der Waals surface area contributed by atoms with Crippen LogP contribution in [0, 0.1) is 0 Å². The number of carbonyl (C=O) groups is 1. The molecule has 18 heavy (non-hydrogen) atoms. The topological polar surface area (TPSA) is 17.1 Å². The van der Waals surface area contributed by atoms with Crippen molar-refractivity contribution in [3.8, 4) is 0 Å². The quantitative estimate of drug-likeness (QED) is 0.565. The van der Waals surface area contributed by atoms with Gasteiger partial charge < -0.3 is 0 Å². The Hall–Kier alpha value is -0.200. The van der Waals surface area contributed by atoms with Crippen LogP contribution in [-0.2, 0) is 16.5 Å². The van der Waals surface area contributed by atoms with Gasteiger partial charge in [0.15, 0.2) is 5.78 Å². The lowest BCUT2D eigenvalue weighted by Crippen LogP contribution is -2.05. The molecule has 0 aliphatic carbocycles. The van der Waals surface area contributed by atoms with Crippen molar-refractivity contribution in [1.29, 1.82) is 0 Å². The van der Waals surface area contributed by atoms with E-state index in [-0.39, 0.29) is 34.7 Å². The average Bonchev–Trinajstić information content (AvgIpc) is 2.27. The molecule has 0 heterocycles. The van der Waals surface area contributed by atoms with E-state index in [0.717, 1.165) is 0 Å². The summed E-state index contributed by atoms with van der Waals surface area (Å²) in [5.74, 6) is -0.353. The molecule has 0 aliphatic heterocycles. The first-order valence-corrected chi connectivity index (χ1v) is 7.34. The molecule has 0 bridgehead atoms. The van der Waals surface area contributed by atoms with Crippen molar-refractivity contribution in [3.63, 3.8) is 0 Å². The van der Waals surface area contributed by atoms with Crippen LogP contribution in [0.1, 0.15) is 11.1 Å². The molecule has 0 fully saturated rings. The fourth-order valence-electron chi connectivity index (χ4n) is 1.31. The number of hydrogen-bond donors (Lipinski definition) is 0. The second kappa shape index (κ2) is 6.82. The number of thioether (sulfide) groups is 1. The third-order valence-corrected chi connectivity index (χ3v) is 3.79. The lowest BCUT2D eigenvalue weighted by atomic mass is 10.1. The van der Waals surface area contributed by atoms with E-state index < -0.39 is 5.51 Å². The first-order chi connectivity index (χ1) is 8.35. The van der Waals surface area contributed by atoms with Crippen molar-refractivity contribution in [1.82, 2.24) is 0 Å². The van der Waals surface area contributed by atoms with Gasteiger partial charge in [-0.3, -0.25) is 4.79 Å². The molecular formula is C11H9BrClF3OS. The molecule has 0 saturated heterocycles. The van der Waals surface area contributed by atoms with E-state index >= 15 is 0 Å². The predicted molar refractivity (Wildman–Crippen MR) is 70.4 cm³/mol. The number of Topliss-reactive ketones (excluding diaryl/α,β-unsaturated/α-hetero) is 1. The minimum Gasteiger partial charge on any atom is -0.298 e. The third kappa shape index (κ3) is 5.20. The van der Waals surface area contributed by atoms with E-state index in [4.69, 9.17) is 11.6 Å². The zero-order valence-electron chi connectivity index (χ0n) is 9.06. The van der Waals surface area contributed by atoms with Crippen molar-refractivity contribution in [3.05, 3.63) is 29.3 Å². The normalized spacial score (nSPS) is 11.6. The Morgan fingerprint density at radius 3 is 2.56 bits per heavy atom. The minimum atomic E-state index is -4.34. The molecule has 1 nitrogen and oxygen atoms in total. The lowest BCUT2D eigenvalue weighted by Gasteiger charge is -2.11. The first kappa shape index (κ1) is 15.9. The molecule has 100 valence electrons. The highest BCUT2D eigenvalue weighted by molar-refractivity contribution is 9.08. The van der Waals surface area contributed by atoms with Crippen LogP contribution < -0.4 is 0 Å². The van der Waals surface area contributed by atoms with Gasteiger partial charge in [-0.2, -0.15) is 13.2 Å². The molecule has 0 aromatic heterocycles. The number of hydrogen-bond acceptors (Lipinski definition) is 2. The number of benzene rings is 1.